The first kappa shape index (κ1) is 10.4. The van der Waals surface area contributed by atoms with E-state index >= 15 is 0 Å². The molecule has 1 amide bonds. The Morgan fingerprint density at radius 2 is 2.13 bits per heavy atom. The fourth-order valence-electron chi connectivity index (χ4n) is 1.55. The highest BCUT2D eigenvalue weighted by molar-refractivity contribution is 7.17. The number of carbonyl (C=O) groups is 1. The van der Waals surface area contributed by atoms with Gasteiger partial charge < -0.3 is 15.5 Å². The quantitative estimate of drug-likeness (QED) is 0.738. The number of carbonyl (C=O) groups excluding carboxylic acids is 1. The number of amides is 1. The number of nitrogens with two attached hydrogens (primary N) is 1. The minimum atomic E-state index is 0.0531. The number of aromatic nitrogens is 1. The molecule has 1 aromatic rings. The first-order valence-corrected chi connectivity index (χ1v) is 5.67. The van der Waals surface area contributed by atoms with E-state index in [1.165, 1.54) is 11.3 Å². The lowest BCUT2D eigenvalue weighted by Gasteiger charge is -2.31. The Morgan fingerprint density at radius 1 is 1.47 bits per heavy atom. The van der Waals surface area contributed by atoms with Gasteiger partial charge in [0.25, 0.3) is 5.91 Å². The fraction of sp³-hybridized carbons (Fsp3) is 0.556. The average Bonchev–Trinajstić information content (AvgIpc) is 2.65. The molecule has 6 heteroatoms. The second-order valence-corrected chi connectivity index (χ2v) is 4.72. The largest absolute Gasteiger partial charge is 0.375 e. The Balaban J connectivity index is 2.02. The standard InChI is InChI=1S/C9H14N4OS/c1-12-2-4-13(5-3-12)8(14)7-6-11-9(10)15-7/h6H,2-5H2,1H3,(H2,10,11). The number of likely N-dealkylation sites (N-methyl/N-ethyl adjacent to an activating group) is 1. The third kappa shape index (κ3) is 2.27. The van der Waals surface area contributed by atoms with Crippen LogP contribution < -0.4 is 5.73 Å². The van der Waals surface area contributed by atoms with Gasteiger partial charge in [-0.3, -0.25) is 4.79 Å². The van der Waals surface area contributed by atoms with Crippen LogP contribution in [-0.4, -0.2) is 53.9 Å². The number of hydrogen-bond donors (Lipinski definition) is 1. The molecule has 0 atom stereocenters. The highest BCUT2D eigenvalue weighted by atomic mass is 32.1. The molecule has 2 rings (SSSR count). The van der Waals surface area contributed by atoms with Gasteiger partial charge in [0.2, 0.25) is 0 Å². The van der Waals surface area contributed by atoms with E-state index in [1.54, 1.807) is 6.20 Å². The normalized spacial score (nSPS) is 18.1. The van der Waals surface area contributed by atoms with E-state index < -0.39 is 0 Å². The summed E-state index contributed by atoms with van der Waals surface area (Å²) in [7, 11) is 2.06. The molecular formula is C9H14N4OS. The van der Waals surface area contributed by atoms with Crippen LogP contribution >= 0.6 is 11.3 Å². The highest BCUT2D eigenvalue weighted by Gasteiger charge is 2.21. The summed E-state index contributed by atoms with van der Waals surface area (Å²) in [6.07, 6.45) is 1.56. The van der Waals surface area contributed by atoms with Crippen molar-refractivity contribution in [1.29, 1.82) is 0 Å². The van der Waals surface area contributed by atoms with Gasteiger partial charge in [-0.05, 0) is 7.05 Å². The Labute approximate surface area is 92.5 Å². The summed E-state index contributed by atoms with van der Waals surface area (Å²) >= 11 is 1.25. The lowest BCUT2D eigenvalue weighted by Crippen LogP contribution is -2.46. The maximum absolute atomic E-state index is 11.9. The van der Waals surface area contributed by atoms with Crippen LogP contribution in [0, 0.1) is 0 Å². The van der Waals surface area contributed by atoms with Crippen LogP contribution in [0.4, 0.5) is 5.13 Å². The molecule has 0 radical (unpaired) electrons. The van der Waals surface area contributed by atoms with Crippen LogP contribution in [0.3, 0.4) is 0 Å². The van der Waals surface area contributed by atoms with Crippen molar-refractivity contribution in [2.75, 3.05) is 39.0 Å². The van der Waals surface area contributed by atoms with E-state index in [4.69, 9.17) is 5.73 Å². The van der Waals surface area contributed by atoms with E-state index in [-0.39, 0.29) is 5.91 Å². The third-order valence-corrected chi connectivity index (χ3v) is 3.34. The van der Waals surface area contributed by atoms with E-state index in [2.05, 4.69) is 16.9 Å². The molecule has 2 N–H and O–H groups in total. The average molecular weight is 226 g/mol. The molecule has 82 valence electrons. The van der Waals surface area contributed by atoms with Crippen LogP contribution in [-0.2, 0) is 0 Å². The second kappa shape index (κ2) is 4.16. The van der Waals surface area contributed by atoms with E-state index in [0.717, 1.165) is 26.2 Å². The van der Waals surface area contributed by atoms with Gasteiger partial charge in [0.15, 0.2) is 5.13 Å². The highest BCUT2D eigenvalue weighted by Crippen LogP contribution is 2.17. The number of anilines is 1. The molecule has 2 heterocycles. The molecule has 0 saturated carbocycles. The van der Waals surface area contributed by atoms with Gasteiger partial charge in [0.05, 0.1) is 6.20 Å². The van der Waals surface area contributed by atoms with Crippen molar-refractivity contribution in [2.45, 2.75) is 0 Å². The summed E-state index contributed by atoms with van der Waals surface area (Å²) in [4.78, 5) is 20.5. The van der Waals surface area contributed by atoms with Crippen LogP contribution in [0.2, 0.25) is 0 Å². The fourth-order valence-corrected chi connectivity index (χ4v) is 2.20. The molecule has 0 aromatic carbocycles. The molecule has 15 heavy (non-hydrogen) atoms. The number of piperazine rings is 1. The van der Waals surface area contributed by atoms with Gasteiger partial charge in [-0.1, -0.05) is 11.3 Å². The van der Waals surface area contributed by atoms with Gasteiger partial charge in [0, 0.05) is 26.2 Å². The SMILES string of the molecule is CN1CCN(C(=O)c2cnc(N)s2)CC1. The predicted octanol–water partition coefficient (Wildman–Crippen LogP) is 0.113. The Hall–Kier alpha value is -1.14. The lowest BCUT2D eigenvalue weighted by molar-refractivity contribution is 0.0669. The zero-order valence-corrected chi connectivity index (χ0v) is 9.46. The molecule has 0 bridgehead atoms. The first-order valence-electron chi connectivity index (χ1n) is 4.86. The zero-order chi connectivity index (χ0) is 10.8. The van der Waals surface area contributed by atoms with Crippen molar-refractivity contribution >= 4 is 22.4 Å². The molecule has 0 spiro atoms. The van der Waals surface area contributed by atoms with Crippen LogP contribution in [0.25, 0.3) is 0 Å². The van der Waals surface area contributed by atoms with E-state index in [9.17, 15) is 4.79 Å². The number of rotatable bonds is 1. The van der Waals surface area contributed by atoms with Crippen molar-refractivity contribution in [3.05, 3.63) is 11.1 Å². The summed E-state index contributed by atoms with van der Waals surface area (Å²) in [6, 6.07) is 0. The number of hydrogen-bond acceptors (Lipinski definition) is 5. The molecule has 1 saturated heterocycles. The number of nitrogens with zero attached hydrogens (tertiary/aromatic N) is 3. The van der Waals surface area contributed by atoms with Crippen LogP contribution in [0.15, 0.2) is 6.20 Å². The molecule has 0 unspecified atom stereocenters. The minimum absolute atomic E-state index is 0.0531. The lowest BCUT2D eigenvalue weighted by atomic mass is 10.3. The molecule has 1 aliphatic rings. The summed E-state index contributed by atoms with van der Waals surface area (Å²) in [5.74, 6) is 0.0531. The summed E-state index contributed by atoms with van der Waals surface area (Å²) < 4.78 is 0. The van der Waals surface area contributed by atoms with Gasteiger partial charge in [-0.2, -0.15) is 0 Å². The third-order valence-electron chi connectivity index (χ3n) is 2.52. The summed E-state index contributed by atoms with van der Waals surface area (Å²) in [6.45, 7) is 3.43. The topological polar surface area (TPSA) is 62.5 Å². The van der Waals surface area contributed by atoms with Crippen molar-refractivity contribution in [3.8, 4) is 0 Å². The van der Waals surface area contributed by atoms with Crippen LogP contribution in [0.1, 0.15) is 9.67 Å². The van der Waals surface area contributed by atoms with Crippen LogP contribution in [0.5, 0.6) is 0 Å². The molecule has 5 nitrogen and oxygen atoms in total. The maximum atomic E-state index is 11.9. The monoisotopic (exact) mass is 226 g/mol. The minimum Gasteiger partial charge on any atom is -0.375 e. The summed E-state index contributed by atoms with van der Waals surface area (Å²) in [5, 5.41) is 0.451. The molecule has 0 aliphatic carbocycles. The van der Waals surface area contributed by atoms with E-state index in [0.29, 0.717) is 10.0 Å². The van der Waals surface area contributed by atoms with Gasteiger partial charge in [-0.15, -0.1) is 0 Å². The second-order valence-electron chi connectivity index (χ2n) is 3.66. The molecule has 1 fully saturated rings. The van der Waals surface area contributed by atoms with Crippen molar-refractivity contribution in [1.82, 2.24) is 14.8 Å². The smallest absolute Gasteiger partial charge is 0.265 e. The molecule has 1 aliphatic heterocycles. The van der Waals surface area contributed by atoms with Gasteiger partial charge >= 0.3 is 0 Å². The van der Waals surface area contributed by atoms with Crippen molar-refractivity contribution in [2.24, 2.45) is 0 Å². The summed E-state index contributed by atoms with van der Waals surface area (Å²) in [5.41, 5.74) is 5.50. The van der Waals surface area contributed by atoms with Gasteiger partial charge in [-0.25, -0.2) is 4.98 Å². The Kier molecular flexibility index (Phi) is 2.88. The van der Waals surface area contributed by atoms with Crippen molar-refractivity contribution < 1.29 is 4.79 Å². The van der Waals surface area contributed by atoms with Crippen molar-refractivity contribution in [3.63, 3.8) is 0 Å². The molecular weight excluding hydrogens is 212 g/mol. The first-order chi connectivity index (χ1) is 7.16. The van der Waals surface area contributed by atoms with E-state index in [1.807, 2.05) is 4.90 Å². The number of thiazole rings is 1. The molecule has 1 aromatic heterocycles. The Bertz CT molecular complexity index is 357. The maximum Gasteiger partial charge on any atom is 0.265 e. The Morgan fingerprint density at radius 3 is 2.67 bits per heavy atom. The zero-order valence-electron chi connectivity index (χ0n) is 8.64. The van der Waals surface area contributed by atoms with Gasteiger partial charge in [0.1, 0.15) is 4.88 Å². The number of nitrogen functional groups attached to an aromatic ring is 1. The predicted molar refractivity (Wildman–Crippen MR) is 59.9 cm³/mol.